The molecule has 2 aromatic rings. The van der Waals surface area contributed by atoms with Gasteiger partial charge in [0.2, 0.25) is 10.0 Å². The van der Waals surface area contributed by atoms with Crippen LogP contribution in [0.5, 0.6) is 5.75 Å². The molecule has 0 aliphatic carbocycles. The molecule has 3 atom stereocenters. The molecule has 0 fully saturated rings. The molecule has 0 spiro atoms. The molecule has 0 aromatic heterocycles. The SMILES string of the molecule is CCCNC(=O)N(C)C[C@@H]1Oc2cc(-c3ccccc3F)ccc2S(=O)(=O)N([C@H](C)CO)C[C@@H]1C. The molecule has 0 saturated heterocycles. The lowest BCUT2D eigenvalue weighted by molar-refractivity contribution is 0.0813. The number of amides is 2. The molecule has 0 saturated carbocycles. The first-order valence-corrected chi connectivity index (χ1v) is 13.2. The van der Waals surface area contributed by atoms with Crippen molar-refractivity contribution >= 4 is 16.1 Å². The highest BCUT2D eigenvalue weighted by atomic mass is 32.2. The summed E-state index contributed by atoms with van der Waals surface area (Å²) in [6.45, 7) is 5.95. The number of carbonyl (C=O) groups is 1. The third kappa shape index (κ3) is 5.94. The Morgan fingerprint density at radius 2 is 2.03 bits per heavy atom. The van der Waals surface area contributed by atoms with Crippen molar-refractivity contribution in [3.63, 3.8) is 0 Å². The Kier molecular flexibility index (Phi) is 8.74. The van der Waals surface area contributed by atoms with Crippen molar-refractivity contribution in [2.24, 2.45) is 5.92 Å². The maximum Gasteiger partial charge on any atom is 0.317 e. The summed E-state index contributed by atoms with van der Waals surface area (Å²) in [5.41, 5.74) is 0.791. The molecule has 3 rings (SSSR count). The summed E-state index contributed by atoms with van der Waals surface area (Å²) in [5, 5.41) is 12.6. The fraction of sp³-hybridized carbons (Fsp3) is 0.480. The lowest BCUT2D eigenvalue weighted by Gasteiger charge is -2.37. The highest BCUT2D eigenvalue weighted by molar-refractivity contribution is 7.89. The zero-order chi connectivity index (χ0) is 25.8. The van der Waals surface area contributed by atoms with Crippen LogP contribution in [-0.2, 0) is 10.0 Å². The zero-order valence-corrected chi connectivity index (χ0v) is 21.4. The van der Waals surface area contributed by atoms with Gasteiger partial charge in [0, 0.05) is 37.7 Å². The van der Waals surface area contributed by atoms with Crippen molar-refractivity contribution in [3.05, 3.63) is 48.3 Å². The quantitative estimate of drug-likeness (QED) is 0.599. The molecule has 2 aromatic carbocycles. The van der Waals surface area contributed by atoms with Gasteiger partial charge in [-0.2, -0.15) is 4.31 Å². The highest BCUT2D eigenvalue weighted by Gasteiger charge is 2.38. The standard InChI is InChI=1S/C25H34FN3O5S/c1-5-12-27-25(31)28(4)15-23-17(2)14-29(18(3)16-30)35(32,33)24-11-10-19(13-22(24)34-23)20-8-6-7-9-21(20)26/h6-11,13,17-18,23,30H,5,12,14-16H2,1-4H3,(H,27,31)/t17-,18+,23-/m0/s1. The zero-order valence-electron chi connectivity index (χ0n) is 20.6. The fourth-order valence-corrected chi connectivity index (χ4v) is 5.85. The van der Waals surface area contributed by atoms with Crippen LogP contribution in [-0.4, -0.2) is 74.2 Å². The van der Waals surface area contributed by atoms with Gasteiger partial charge in [-0.15, -0.1) is 0 Å². The molecule has 2 amide bonds. The van der Waals surface area contributed by atoms with E-state index in [9.17, 15) is 22.7 Å². The smallest absolute Gasteiger partial charge is 0.317 e. The summed E-state index contributed by atoms with van der Waals surface area (Å²) in [7, 11) is -2.36. The Balaban J connectivity index is 2.07. The number of benzene rings is 2. The minimum absolute atomic E-state index is 0.0622. The highest BCUT2D eigenvalue weighted by Crippen LogP contribution is 2.37. The lowest BCUT2D eigenvalue weighted by atomic mass is 10.0. The van der Waals surface area contributed by atoms with E-state index < -0.39 is 28.0 Å². The fourth-order valence-electron chi connectivity index (χ4n) is 4.03. The molecule has 2 N–H and O–H groups in total. The van der Waals surface area contributed by atoms with Crippen molar-refractivity contribution in [3.8, 4) is 16.9 Å². The number of aliphatic hydroxyl groups is 1. The Morgan fingerprint density at radius 3 is 2.69 bits per heavy atom. The Hall–Kier alpha value is -2.69. The van der Waals surface area contributed by atoms with E-state index in [1.165, 1.54) is 27.4 Å². The summed E-state index contributed by atoms with van der Waals surface area (Å²) in [5.74, 6) is -0.667. The number of fused-ring (bicyclic) bond motifs is 1. The number of hydrogen-bond donors (Lipinski definition) is 2. The largest absolute Gasteiger partial charge is 0.487 e. The van der Waals surface area contributed by atoms with Crippen LogP contribution in [0.2, 0.25) is 0 Å². The molecule has 192 valence electrons. The van der Waals surface area contributed by atoms with Gasteiger partial charge in [-0.3, -0.25) is 0 Å². The Morgan fingerprint density at radius 1 is 1.31 bits per heavy atom. The van der Waals surface area contributed by atoms with Gasteiger partial charge in [0.25, 0.3) is 0 Å². The summed E-state index contributed by atoms with van der Waals surface area (Å²) in [6, 6.07) is 9.80. The third-order valence-corrected chi connectivity index (χ3v) is 8.20. The lowest BCUT2D eigenvalue weighted by Crippen LogP contribution is -2.51. The van der Waals surface area contributed by atoms with Gasteiger partial charge in [0.1, 0.15) is 22.6 Å². The van der Waals surface area contributed by atoms with Gasteiger partial charge < -0.3 is 20.1 Å². The van der Waals surface area contributed by atoms with Crippen LogP contribution in [0.25, 0.3) is 11.1 Å². The minimum atomic E-state index is -4.01. The van der Waals surface area contributed by atoms with Crippen LogP contribution in [0.3, 0.4) is 0 Å². The van der Waals surface area contributed by atoms with E-state index in [4.69, 9.17) is 4.74 Å². The van der Waals surface area contributed by atoms with Gasteiger partial charge in [-0.05, 0) is 37.1 Å². The number of sulfonamides is 1. The summed E-state index contributed by atoms with van der Waals surface area (Å²) >= 11 is 0. The first-order valence-electron chi connectivity index (χ1n) is 11.8. The monoisotopic (exact) mass is 507 g/mol. The topological polar surface area (TPSA) is 99.2 Å². The molecule has 35 heavy (non-hydrogen) atoms. The number of carbonyl (C=O) groups excluding carboxylic acids is 1. The predicted molar refractivity (Wildman–Crippen MR) is 132 cm³/mol. The Labute approximate surface area is 206 Å². The second-order valence-electron chi connectivity index (χ2n) is 8.99. The number of likely N-dealkylation sites (N-methyl/N-ethyl adjacent to an activating group) is 1. The molecule has 0 radical (unpaired) electrons. The molecular formula is C25H34FN3O5S. The molecule has 8 nitrogen and oxygen atoms in total. The number of aliphatic hydroxyl groups excluding tert-OH is 1. The number of halogens is 1. The van der Waals surface area contributed by atoms with Gasteiger partial charge in [0.05, 0.1) is 13.2 Å². The summed E-state index contributed by atoms with van der Waals surface area (Å²) in [6.07, 6.45) is 0.249. The van der Waals surface area contributed by atoms with E-state index in [1.807, 2.05) is 13.8 Å². The number of nitrogens with zero attached hydrogens (tertiary/aromatic N) is 2. The van der Waals surface area contributed by atoms with Crippen LogP contribution in [0.4, 0.5) is 9.18 Å². The second kappa shape index (κ2) is 11.4. The molecule has 10 heteroatoms. The molecular weight excluding hydrogens is 473 g/mol. The maximum absolute atomic E-state index is 14.5. The van der Waals surface area contributed by atoms with E-state index in [2.05, 4.69) is 5.32 Å². The number of rotatable bonds is 7. The number of nitrogens with one attached hydrogen (secondary N) is 1. The first kappa shape index (κ1) is 26.9. The van der Waals surface area contributed by atoms with Crippen molar-refractivity contribution in [2.45, 2.75) is 44.2 Å². The molecule has 0 unspecified atom stereocenters. The van der Waals surface area contributed by atoms with E-state index in [0.717, 1.165) is 6.42 Å². The van der Waals surface area contributed by atoms with Crippen molar-refractivity contribution in [1.29, 1.82) is 0 Å². The molecule has 0 bridgehead atoms. The maximum atomic E-state index is 14.5. The van der Waals surface area contributed by atoms with Gasteiger partial charge >= 0.3 is 6.03 Å². The number of urea groups is 1. The van der Waals surface area contributed by atoms with Gasteiger partial charge in [-0.1, -0.05) is 38.1 Å². The summed E-state index contributed by atoms with van der Waals surface area (Å²) < 4.78 is 49.2. The Bertz CT molecular complexity index is 1140. The number of ether oxygens (including phenoxy) is 1. The van der Waals surface area contributed by atoms with Gasteiger partial charge in [-0.25, -0.2) is 17.6 Å². The third-order valence-electron chi connectivity index (χ3n) is 6.18. The first-order chi connectivity index (χ1) is 16.6. The van der Waals surface area contributed by atoms with Crippen LogP contribution >= 0.6 is 0 Å². The normalized spacial score (nSPS) is 20.6. The second-order valence-corrected chi connectivity index (χ2v) is 10.9. The van der Waals surface area contributed by atoms with Crippen molar-refractivity contribution in [2.75, 3.05) is 33.3 Å². The summed E-state index contributed by atoms with van der Waals surface area (Å²) in [4.78, 5) is 13.9. The van der Waals surface area contributed by atoms with E-state index in [1.54, 1.807) is 38.2 Å². The van der Waals surface area contributed by atoms with Crippen molar-refractivity contribution < 1.29 is 27.4 Å². The van der Waals surface area contributed by atoms with Gasteiger partial charge in [0.15, 0.2) is 0 Å². The predicted octanol–water partition coefficient (Wildman–Crippen LogP) is 3.31. The van der Waals surface area contributed by atoms with Crippen LogP contribution < -0.4 is 10.1 Å². The molecule has 1 heterocycles. The molecule has 1 aliphatic heterocycles. The van der Waals surface area contributed by atoms with Crippen molar-refractivity contribution in [1.82, 2.24) is 14.5 Å². The number of hydrogen-bond acceptors (Lipinski definition) is 5. The van der Waals surface area contributed by atoms with Crippen LogP contribution in [0.15, 0.2) is 47.4 Å². The van der Waals surface area contributed by atoms with Crippen LogP contribution in [0, 0.1) is 11.7 Å². The minimum Gasteiger partial charge on any atom is -0.487 e. The van der Waals surface area contributed by atoms with Crippen LogP contribution in [0.1, 0.15) is 27.2 Å². The molecule has 1 aliphatic rings. The van der Waals surface area contributed by atoms with E-state index in [-0.39, 0.29) is 42.3 Å². The average Bonchev–Trinajstić information content (AvgIpc) is 2.84. The van der Waals surface area contributed by atoms with E-state index in [0.29, 0.717) is 17.7 Å². The van der Waals surface area contributed by atoms with E-state index >= 15 is 0 Å². The average molecular weight is 508 g/mol.